The molecule has 1 amide bonds. The number of hydrogen-bond donors (Lipinski definition) is 3. The van der Waals surface area contributed by atoms with Gasteiger partial charge in [-0.3, -0.25) is 4.79 Å². The van der Waals surface area contributed by atoms with E-state index in [4.69, 9.17) is 5.73 Å². The van der Waals surface area contributed by atoms with Crippen LogP contribution in [0.15, 0.2) is 35.7 Å². The fourth-order valence-corrected chi connectivity index (χ4v) is 2.91. The maximum atomic E-state index is 11.7. The van der Waals surface area contributed by atoms with Gasteiger partial charge in [0.2, 0.25) is 0 Å². The van der Waals surface area contributed by atoms with Crippen LogP contribution in [-0.4, -0.2) is 19.5 Å². The molecule has 0 saturated heterocycles. The van der Waals surface area contributed by atoms with E-state index in [9.17, 15) is 4.79 Å². The molecular formula is C16H21N3OS. The van der Waals surface area contributed by atoms with Crippen LogP contribution in [0.25, 0.3) is 0 Å². The Labute approximate surface area is 129 Å². The number of carbonyl (C=O) groups excluding carboxylic acids is 1. The quantitative estimate of drug-likeness (QED) is 0.744. The summed E-state index contributed by atoms with van der Waals surface area (Å²) in [6.45, 7) is 5.12. The van der Waals surface area contributed by atoms with Crippen LogP contribution in [0.3, 0.4) is 0 Å². The maximum Gasteiger partial charge on any atom is 0.251 e. The molecular weight excluding hydrogens is 282 g/mol. The number of benzene rings is 1. The number of carbonyl (C=O) groups is 1. The van der Waals surface area contributed by atoms with Gasteiger partial charge in [-0.2, -0.15) is 0 Å². The molecule has 112 valence electrons. The molecule has 0 aliphatic carbocycles. The van der Waals surface area contributed by atoms with E-state index in [1.54, 1.807) is 36.6 Å². The van der Waals surface area contributed by atoms with Gasteiger partial charge in [0.25, 0.3) is 5.91 Å². The van der Waals surface area contributed by atoms with E-state index in [0.717, 1.165) is 12.2 Å². The minimum absolute atomic E-state index is 0.00360. The molecule has 2 rings (SSSR count). The van der Waals surface area contributed by atoms with Gasteiger partial charge in [-0.15, -0.1) is 11.3 Å². The molecule has 0 saturated carbocycles. The Balaban J connectivity index is 2.14. The Hall–Kier alpha value is -2.01. The number of rotatable bonds is 5. The number of nitrogens with one attached hydrogen (secondary N) is 2. The molecule has 1 heterocycles. The zero-order valence-corrected chi connectivity index (χ0v) is 13.4. The molecule has 5 heteroatoms. The summed E-state index contributed by atoms with van der Waals surface area (Å²) in [4.78, 5) is 13.0. The summed E-state index contributed by atoms with van der Waals surface area (Å²) < 4.78 is 0. The summed E-state index contributed by atoms with van der Waals surface area (Å²) >= 11 is 1.75. The summed E-state index contributed by atoms with van der Waals surface area (Å²) in [5.74, 6) is -0.115. The molecule has 0 aliphatic rings. The minimum atomic E-state index is -0.115. The lowest BCUT2D eigenvalue weighted by atomic mass is 9.91. The van der Waals surface area contributed by atoms with Gasteiger partial charge in [0, 0.05) is 29.4 Å². The highest BCUT2D eigenvalue weighted by Crippen LogP contribution is 2.29. The van der Waals surface area contributed by atoms with Gasteiger partial charge in [-0.25, -0.2) is 0 Å². The lowest BCUT2D eigenvalue weighted by Gasteiger charge is -2.25. The monoisotopic (exact) mass is 303 g/mol. The number of anilines is 2. The molecule has 1 aromatic heterocycles. The minimum Gasteiger partial charge on any atom is -0.397 e. The van der Waals surface area contributed by atoms with Crippen molar-refractivity contribution >= 4 is 28.6 Å². The topological polar surface area (TPSA) is 67.2 Å². The lowest BCUT2D eigenvalue weighted by molar-refractivity contribution is 0.0963. The fourth-order valence-electron chi connectivity index (χ4n) is 2.06. The van der Waals surface area contributed by atoms with Crippen molar-refractivity contribution in [3.8, 4) is 0 Å². The van der Waals surface area contributed by atoms with Gasteiger partial charge in [0.1, 0.15) is 0 Å². The number of hydrogen-bond acceptors (Lipinski definition) is 4. The third kappa shape index (κ3) is 3.55. The average molecular weight is 303 g/mol. The fraction of sp³-hybridized carbons (Fsp3) is 0.312. The van der Waals surface area contributed by atoms with Crippen molar-refractivity contribution in [2.24, 2.45) is 0 Å². The molecule has 0 unspecified atom stereocenters. The summed E-state index contributed by atoms with van der Waals surface area (Å²) in [6.07, 6.45) is 0. The van der Waals surface area contributed by atoms with Crippen LogP contribution in [-0.2, 0) is 5.41 Å². The second-order valence-electron chi connectivity index (χ2n) is 5.60. The van der Waals surface area contributed by atoms with Gasteiger partial charge >= 0.3 is 0 Å². The highest BCUT2D eigenvalue weighted by molar-refractivity contribution is 7.10. The SMILES string of the molecule is CNC(=O)c1ccc(N)c(NCC(C)(C)c2cccs2)c1. The first kappa shape index (κ1) is 15.4. The van der Waals surface area contributed by atoms with Crippen molar-refractivity contribution in [2.75, 3.05) is 24.6 Å². The third-order valence-corrected chi connectivity index (χ3v) is 4.69. The Morgan fingerprint density at radius 2 is 2.10 bits per heavy atom. The van der Waals surface area contributed by atoms with Gasteiger partial charge in [-0.1, -0.05) is 19.9 Å². The van der Waals surface area contributed by atoms with Crippen LogP contribution < -0.4 is 16.4 Å². The Kier molecular flexibility index (Phi) is 4.53. The number of nitrogen functional groups attached to an aromatic ring is 1. The lowest BCUT2D eigenvalue weighted by Crippen LogP contribution is -2.27. The van der Waals surface area contributed by atoms with Gasteiger partial charge in [-0.05, 0) is 29.6 Å². The molecule has 0 spiro atoms. The van der Waals surface area contributed by atoms with Crippen LogP contribution >= 0.6 is 11.3 Å². The normalized spacial score (nSPS) is 11.2. The standard InChI is InChI=1S/C16H21N3OS/c1-16(2,14-5-4-8-21-14)10-19-13-9-11(15(20)18-3)6-7-12(13)17/h4-9,19H,10,17H2,1-3H3,(H,18,20). The molecule has 21 heavy (non-hydrogen) atoms. The van der Waals surface area contributed by atoms with Crippen molar-refractivity contribution in [1.82, 2.24) is 5.32 Å². The van der Waals surface area contributed by atoms with Crippen LogP contribution in [0.2, 0.25) is 0 Å². The zero-order valence-electron chi connectivity index (χ0n) is 12.6. The van der Waals surface area contributed by atoms with Crippen LogP contribution in [0.5, 0.6) is 0 Å². The van der Waals surface area contributed by atoms with Crippen LogP contribution in [0.4, 0.5) is 11.4 Å². The van der Waals surface area contributed by atoms with Gasteiger partial charge < -0.3 is 16.4 Å². The largest absolute Gasteiger partial charge is 0.397 e. The number of amides is 1. The Morgan fingerprint density at radius 1 is 1.33 bits per heavy atom. The van der Waals surface area contributed by atoms with Crippen molar-refractivity contribution in [2.45, 2.75) is 19.3 Å². The second-order valence-corrected chi connectivity index (χ2v) is 6.54. The van der Waals surface area contributed by atoms with E-state index >= 15 is 0 Å². The Morgan fingerprint density at radius 3 is 2.71 bits per heavy atom. The molecule has 0 fully saturated rings. The van der Waals surface area contributed by atoms with Gasteiger partial charge in [0.15, 0.2) is 0 Å². The molecule has 4 N–H and O–H groups in total. The van der Waals surface area contributed by atoms with E-state index in [1.807, 2.05) is 0 Å². The van der Waals surface area contributed by atoms with Gasteiger partial charge in [0.05, 0.1) is 11.4 Å². The molecule has 0 radical (unpaired) electrons. The predicted molar refractivity (Wildman–Crippen MR) is 90.1 cm³/mol. The molecule has 0 aliphatic heterocycles. The van der Waals surface area contributed by atoms with E-state index in [2.05, 4.69) is 42.0 Å². The highest BCUT2D eigenvalue weighted by Gasteiger charge is 2.21. The predicted octanol–water partition coefficient (Wildman–Crippen LogP) is 3.08. The second kappa shape index (κ2) is 6.18. The molecule has 0 atom stereocenters. The summed E-state index contributed by atoms with van der Waals surface area (Å²) in [6, 6.07) is 9.46. The van der Waals surface area contributed by atoms with E-state index in [1.165, 1.54) is 4.88 Å². The van der Waals surface area contributed by atoms with E-state index in [-0.39, 0.29) is 11.3 Å². The number of nitrogens with two attached hydrogens (primary N) is 1. The highest BCUT2D eigenvalue weighted by atomic mass is 32.1. The zero-order chi connectivity index (χ0) is 15.5. The molecule has 2 aromatic rings. The summed E-state index contributed by atoms with van der Waals surface area (Å²) in [5, 5.41) is 8.06. The number of thiophene rings is 1. The molecule has 0 bridgehead atoms. The van der Waals surface area contributed by atoms with Crippen LogP contribution in [0, 0.1) is 0 Å². The van der Waals surface area contributed by atoms with E-state index in [0.29, 0.717) is 11.3 Å². The Bertz CT molecular complexity index is 620. The summed E-state index contributed by atoms with van der Waals surface area (Å²) in [7, 11) is 1.62. The van der Waals surface area contributed by atoms with Crippen LogP contribution in [0.1, 0.15) is 29.1 Å². The first-order chi connectivity index (χ1) is 9.94. The van der Waals surface area contributed by atoms with E-state index < -0.39 is 0 Å². The first-order valence-corrected chi connectivity index (χ1v) is 7.71. The third-order valence-electron chi connectivity index (χ3n) is 3.45. The molecule has 4 nitrogen and oxygen atoms in total. The van der Waals surface area contributed by atoms with Crippen molar-refractivity contribution < 1.29 is 4.79 Å². The molecule has 1 aromatic carbocycles. The van der Waals surface area contributed by atoms with Crippen molar-refractivity contribution in [1.29, 1.82) is 0 Å². The summed E-state index contributed by atoms with van der Waals surface area (Å²) in [5.41, 5.74) is 8.03. The first-order valence-electron chi connectivity index (χ1n) is 6.83. The van der Waals surface area contributed by atoms with Crippen molar-refractivity contribution in [3.63, 3.8) is 0 Å². The smallest absolute Gasteiger partial charge is 0.251 e. The van der Waals surface area contributed by atoms with Crippen molar-refractivity contribution in [3.05, 3.63) is 46.2 Å². The average Bonchev–Trinajstić information content (AvgIpc) is 3.00. The maximum absolute atomic E-state index is 11.7.